The molecular weight excluding hydrogens is 409 g/mol. The number of para-hydroxylation sites is 1. The average Bonchev–Trinajstić information content (AvgIpc) is 2.67. The van der Waals surface area contributed by atoms with E-state index < -0.39 is 27.1 Å². The fraction of sp³-hybridized carbons (Fsp3) is 0.238. The Labute approximate surface area is 172 Å². The van der Waals surface area contributed by atoms with Crippen LogP contribution >= 0.6 is 0 Å². The van der Waals surface area contributed by atoms with Crippen LogP contribution in [0.5, 0.6) is 5.75 Å². The lowest BCUT2D eigenvalue weighted by molar-refractivity contribution is 0.470. The first-order chi connectivity index (χ1) is 14.2. The van der Waals surface area contributed by atoms with Gasteiger partial charge in [0, 0.05) is 6.54 Å². The SMILES string of the molecule is CC(C)CCn1c(=O)c(C2=NS(=O)(=O)c3ccccc3N2)c(O)c2c(F)cccc21. The van der Waals surface area contributed by atoms with E-state index in [1.54, 1.807) is 18.2 Å². The predicted octanol–water partition coefficient (Wildman–Crippen LogP) is 3.45. The summed E-state index contributed by atoms with van der Waals surface area (Å²) in [5.74, 6) is -1.42. The number of hydrogen-bond acceptors (Lipinski definition) is 5. The summed E-state index contributed by atoms with van der Waals surface area (Å²) in [7, 11) is -4.10. The van der Waals surface area contributed by atoms with Gasteiger partial charge in [0.1, 0.15) is 22.0 Å². The third-order valence-electron chi connectivity index (χ3n) is 5.01. The highest BCUT2D eigenvalue weighted by atomic mass is 32.2. The van der Waals surface area contributed by atoms with Crippen LogP contribution in [0.25, 0.3) is 10.9 Å². The molecule has 2 N–H and O–H groups in total. The number of aryl methyl sites for hydroxylation is 1. The molecule has 0 spiro atoms. The van der Waals surface area contributed by atoms with Crippen molar-refractivity contribution in [1.29, 1.82) is 0 Å². The maximum absolute atomic E-state index is 14.6. The smallest absolute Gasteiger partial charge is 0.286 e. The van der Waals surface area contributed by atoms with Crippen molar-refractivity contribution < 1.29 is 17.9 Å². The summed E-state index contributed by atoms with van der Waals surface area (Å²) in [4.78, 5) is 13.3. The number of aromatic hydroxyl groups is 1. The summed E-state index contributed by atoms with van der Waals surface area (Å²) in [6.07, 6.45) is 0.636. The highest BCUT2D eigenvalue weighted by Gasteiger charge is 2.30. The molecule has 0 saturated carbocycles. The number of nitrogens with zero attached hydrogens (tertiary/aromatic N) is 2. The van der Waals surface area contributed by atoms with Crippen molar-refractivity contribution in [1.82, 2.24) is 4.57 Å². The summed E-state index contributed by atoms with van der Waals surface area (Å²) in [6.45, 7) is 4.26. The van der Waals surface area contributed by atoms with Crippen LogP contribution in [0.1, 0.15) is 25.8 Å². The van der Waals surface area contributed by atoms with E-state index in [1.165, 1.54) is 28.8 Å². The normalized spacial score (nSPS) is 15.0. The Kier molecular flexibility index (Phi) is 4.85. The lowest BCUT2D eigenvalue weighted by Crippen LogP contribution is -2.33. The van der Waals surface area contributed by atoms with E-state index in [9.17, 15) is 22.7 Å². The molecule has 0 amide bonds. The summed E-state index contributed by atoms with van der Waals surface area (Å²) >= 11 is 0. The van der Waals surface area contributed by atoms with Gasteiger partial charge in [0.2, 0.25) is 0 Å². The predicted molar refractivity (Wildman–Crippen MR) is 113 cm³/mol. The first kappa shape index (κ1) is 20.1. The maximum Gasteiger partial charge on any atom is 0.286 e. The van der Waals surface area contributed by atoms with Gasteiger partial charge in [-0.05, 0) is 36.6 Å². The van der Waals surface area contributed by atoms with Crippen LogP contribution in [0.4, 0.5) is 10.1 Å². The summed E-state index contributed by atoms with van der Waals surface area (Å²) in [5, 5.41) is 13.5. The largest absolute Gasteiger partial charge is 0.506 e. The molecule has 156 valence electrons. The van der Waals surface area contributed by atoms with Crippen molar-refractivity contribution in [3.63, 3.8) is 0 Å². The summed E-state index contributed by atoms with van der Waals surface area (Å²) in [6, 6.07) is 10.3. The van der Waals surface area contributed by atoms with Crippen LogP contribution in [0.3, 0.4) is 0 Å². The summed E-state index contributed by atoms with van der Waals surface area (Å²) < 4.78 is 44.9. The second-order valence-corrected chi connectivity index (χ2v) is 9.11. The van der Waals surface area contributed by atoms with E-state index in [-0.39, 0.29) is 45.3 Å². The Balaban J connectivity index is 2.02. The molecular formula is C21H20FN3O4S. The van der Waals surface area contributed by atoms with E-state index in [0.717, 1.165) is 0 Å². The molecule has 0 unspecified atom stereocenters. The van der Waals surface area contributed by atoms with E-state index in [4.69, 9.17) is 0 Å². The number of anilines is 1. The van der Waals surface area contributed by atoms with Gasteiger partial charge in [0.05, 0.1) is 16.6 Å². The highest BCUT2D eigenvalue weighted by molar-refractivity contribution is 7.90. The van der Waals surface area contributed by atoms with Crippen LogP contribution < -0.4 is 10.9 Å². The van der Waals surface area contributed by atoms with Crippen molar-refractivity contribution in [3.05, 3.63) is 64.2 Å². The summed E-state index contributed by atoms with van der Waals surface area (Å²) in [5.41, 5.74) is -0.563. The molecule has 1 aliphatic rings. The zero-order chi connectivity index (χ0) is 21.6. The lowest BCUT2D eigenvalue weighted by Gasteiger charge is -2.21. The van der Waals surface area contributed by atoms with Gasteiger partial charge in [-0.3, -0.25) is 4.79 Å². The molecule has 0 fully saturated rings. The van der Waals surface area contributed by atoms with Crippen molar-refractivity contribution in [3.8, 4) is 5.75 Å². The number of hydrogen-bond donors (Lipinski definition) is 2. The number of sulfonamides is 1. The number of nitrogens with one attached hydrogen (secondary N) is 1. The second kappa shape index (κ2) is 7.24. The van der Waals surface area contributed by atoms with Crippen molar-refractivity contribution in [2.75, 3.05) is 5.32 Å². The van der Waals surface area contributed by atoms with Gasteiger partial charge in [0.15, 0.2) is 5.84 Å². The van der Waals surface area contributed by atoms with E-state index in [2.05, 4.69) is 9.71 Å². The fourth-order valence-corrected chi connectivity index (χ4v) is 4.61. The second-order valence-electron chi connectivity index (χ2n) is 7.53. The first-order valence-electron chi connectivity index (χ1n) is 9.46. The molecule has 1 aliphatic heterocycles. The number of aromatic nitrogens is 1. The van der Waals surface area contributed by atoms with Gasteiger partial charge < -0.3 is 15.0 Å². The Hall–Kier alpha value is -3.20. The van der Waals surface area contributed by atoms with Crippen LogP contribution in [0.2, 0.25) is 0 Å². The van der Waals surface area contributed by atoms with Crippen LogP contribution in [-0.4, -0.2) is 23.9 Å². The molecule has 7 nitrogen and oxygen atoms in total. The van der Waals surface area contributed by atoms with E-state index in [1.807, 2.05) is 13.8 Å². The zero-order valence-corrected chi connectivity index (χ0v) is 17.2. The van der Waals surface area contributed by atoms with Crippen molar-refractivity contribution >= 4 is 32.4 Å². The Bertz CT molecular complexity index is 1360. The van der Waals surface area contributed by atoms with Gasteiger partial charge in [-0.25, -0.2) is 4.39 Å². The van der Waals surface area contributed by atoms with E-state index in [0.29, 0.717) is 6.42 Å². The highest BCUT2D eigenvalue weighted by Crippen LogP contribution is 2.33. The molecule has 2 aromatic carbocycles. The quantitative estimate of drug-likeness (QED) is 0.662. The molecule has 0 atom stereocenters. The van der Waals surface area contributed by atoms with Gasteiger partial charge in [0.25, 0.3) is 15.6 Å². The monoisotopic (exact) mass is 429 g/mol. The maximum atomic E-state index is 14.6. The van der Waals surface area contributed by atoms with Crippen LogP contribution in [-0.2, 0) is 16.6 Å². The number of fused-ring (bicyclic) bond motifs is 2. The molecule has 0 saturated heterocycles. The van der Waals surface area contributed by atoms with Crippen molar-refractivity contribution in [2.24, 2.45) is 10.3 Å². The first-order valence-corrected chi connectivity index (χ1v) is 10.9. The minimum atomic E-state index is -4.10. The number of rotatable bonds is 4. The van der Waals surface area contributed by atoms with Crippen LogP contribution in [0, 0.1) is 11.7 Å². The Morgan fingerprint density at radius 1 is 1.17 bits per heavy atom. The number of amidine groups is 1. The molecule has 3 aromatic rings. The molecule has 0 radical (unpaired) electrons. The van der Waals surface area contributed by atoms with Gasteiger partial charge >= 0.3 is 0 Å². The van der Waals surface area contributed by atoms with Gasteiger partial charge in [-0.15, -0.1) is 4.40 Å². The van der Waals surface area contributed by atoms with Gasteiger partial charge in [-0.1, -0.05) is 32.0 Å². The third kappa shape index (κ3) is 3.24. The molecule has 30 heavy (non-hydrogen) atoms. The Morgan fingerprint density at radius 3 is 2.63 bits per heavy atom. The Morgan fingerprint density at radius 2 is 1.90 bits per heavy atom. The fourth-order valence-electron chi connectivity index (χ4n) is 3.49. The topological polar surface area (TPSA) is 101 Å². The number of benzene rings is 2. The van der Waals surface area contributed by atoms with Crippen LogP contribution in [0.15, 0.2) is 56.6 Å². The average molecular weight is 429 g/mol. The molecule has 0 aliphatic carbocycles. The molecule has 9 heteroatoms. The number of halogens is 1. The van der Waals surface area contributed by atoms with Gasteiger partial charge in [-0.2, -0.15) is 8.42 Å². The molecule has 0 bridgehead atoms. The minimum Gasteiger partial charge on any atom is -0.506 e. The van der Waals surface area contributed by atoms with Crippen molar-refractivity contribution in [2.45, 2.75) is 31.7 Å². The zero-order valence-electron chi connectivity index (χ0n) is 16.4. The third-order valence-corrected chi connectivity index (χ3v) is 6.35. The molecule has 2 heterocycles. The lowest BCUT2D eigenvalue weighted by atomic mass is 10.1. The molecule has 4 rings (SSSR count). The van der Waals surface area contributed by atoms with E-state index >= 15 is 0 Å². The standard InChI is InChI=1S/C21H20FN3O4S/c1-12(2)10-11-25-15-8-5-6-13(22)17(15)19(26)18(21(25)27)20-23-14-7-3-4-9-16(14)30(28,29)24-20/h3-9,12,26H,10-11H2,1-2H3,(H,23,24). The minimum absolute atomic E-state index is 0.0413. The number of pyridine rings is 1. The molecule has 1 aromatic heterocycles.